The van der Waals surface area contributed by atoms with E-state index in [9.17, 15) is 5.11 Å². The van der Waals surface area contributed by atoms with Crippen LogP contribution in [0.2, 0.25) is 0 Å². The van der Waals surface area contributed by atoms with E-state index >= 15 is 0 Å². The molecule has 4 N–H and O–H groups in total. The lowest BCUT2D eigenvalue weighted by molar-refractivity contribution is 0.164. The first kappa shape index (κ1) is 13.1. The van der Waals surface area contributed by atoms with Crippen LogP contribution in [-0.4, -0.2) is 22.7 Å². The number of hydrogen-bond donors (Lipinski definition) is 3. The molecule has 0 aliphatic rings. The zero-order valence-corrected chi connectivity index (χ0v) is 11.5. The number of fused-ring (bicyclic) bond motifs is 1. The molecule has 4 nitrogen and oxygen atoms in total. The van der Waals surface area contributed by atoms with Crippen LogP contribution in [0.1, 0.15) is 24.8 Å². The first-order valence-corrected chi connectivity index (χ1v) is 7.00. The molecule has 0 aliphatic carbocycles. The molecule has 0 aliphatic heterocycles. The smallest absolute Gasteiger partial charge is 0.0907 e. The van der Waals surface area contributed by atoms with E-state index in [-0.39, 0.29) is 6.10 Å². The number of hydrogen-bond acceptors (Lipinski definition) is 5. The van der Waals surface area contributed by atoms with E-state index in [1.807, 2.05) is 26.0 Å². The van der Waals surface area contributed by atoms with Crippen LogP contribution in [0.15, 0.2) is 12.1 Å². The van der Waals surface area contributed by atoms with Crippen molar-refractivity contribution < 1.29 is 5.11 Å². The van der Waals surface area contributed by atoms with Gasteiger partial charge in [0, 0.05) is 6.54 Å². The molecular weight excluding hydrogens is 246 g/mol. The minimum atomic E-state index is -0.246. The maximum absolute atomic E-state index is 9.50. The molecule has 0 bridgehead atoms. The number of nitrogens with one attached hydrogen (secondary N) is 1. The molecule has 1 atom stereocenters. The predicted octanol–water partition coefficient (Wildman–Crippen LogP) is 2.76. The van der Waals surface area contributed by atoms with Crippen molar-refractivity contribution in [2.75, 3.05) is 17.6 Å². The molecule has 5 heteroatoms. The average molecular weight is 265 g/mol. The van der Waals surface area contributed by atoms with Gasteiger partial charge in [0.05, 0.1) is 32.7 Å². The SMILES string of the molecule is CCC(O)CCNc1cc2nc(C)sc2cc1N. The number of thiazole rings is 1. The maximum atomic E-state index is 9.50. The Hall–Kier alpha value is -1.33. The van der Waals surface area contributed by atoms with Gasteiger partial charge in [-0.3, -0.25) is 0 Å². The number of nitrogens with two attached hydrogens (primary N) is 1. The first-order chi connectivity index (χ1) is 8.60. The summed E-state index contributed by atoms with van der Waals surface area (Å²) >= 11 is 1.65. The zero-order valence-electron chi connectivity index (χ0n) is 10.7. The highest BCUT2D eigenvalue weighted by molar-refractivity contribution is 7.18. The Morgan fingerprint density at radius 3 is 3.00 bits per heavy atom. The molecule has 2 rings (SSSR count). The normalized spacial score (nSPS) is 12.8. The second-order valence-corrected chi connectivity index (χ2v) is 5.65. The molecule has 0 saturated carbocycles. The number of anilines is 2. The van der Waals surface area contributed by atoms with Crippen molar-refractivity contribution in [3.63, 3.8) is 0 Å². The summed E-state index contributed by atoms with van der Waals surface area (Å²) in [4.78, 5) is 4.45. The third-order valence-corrected chi connectivity index (χ3v) is 3.86. The van der Waals surface area contributed by atoms with Gasteiger partial charge in [-0.05, 0) is 31.9 Å². The molecule has 0 spiro atoms. The van der Waals surface area contributed by atoms with Crippen LogP contribution < -0.4 is 11.1 Å². The molecule has 0 fully saturated rings. The minimum absolute atomic E-state index is 0.246. The van der Waals surface area contributed by atoms with Crippen LogP contribution in [0.5, 0.6) is 0 Å². The van der Waals surface area contributed by atoms with E-state index in [4.69, 9.17) is 5.73 Å². The highest BCUT2D eigenvalue weighted by atomic mass is 32.1. The van der Waals surface area contributed by atoms with Crippen LogP contribution in [0.4, 0.5) is 11.4 Å². The van der Waals surface area contributed by atoms with Crippen molar-refractivity contribution in [1.29, 1.82) is 0 Å². The quantitative estimate of drug-likeness (QED) is 0.727. The standard InChI is InChI=1S/C13H19N3OS/c1-3-9(17)4-5-15-11-7-12-13(6-10(11)14)18-8(2)16-12/h6-7,9,15,17H,3-5,14H2,1-2H3. The van der Waals surface area contributed by atoms with Gasteiger partial charge in [0.1, 0.15) is 0 Å². The topological polar surface area (TPSA) is 71.2 Å². The van der Waals surface area contributed by atoms with Crippen molar-refractivity contribution in [2.24, 2.45) is 0 Å². The highest BCUT2D eigenvalue weighted by Gasteiger charge is 2.06. The molecule has 98 valence electrons. The van der Waals surface area contributed by atoms with E-state index in [1.54, 1.807) is 11.3 Å². The molecule has 1 aromatic heterocycles. The number of aliphatic hydroxyl groups is 1. The van der Waals surface area contributed by atoms with Gasteiger partial charge in [0.15, 0.2) is 0 Å². The fourth-order valence-electron chi connectivity index (χ4n) is 1.84. The van der Waals surface area contributed by atoms with Gasteiger partial charge in [-0.1, -0.05) is 6.92 Å². The number of benzene rings is 1. The average Bonchev–Trinajstić information content (AvgIpc) is 2.68. The molecule has 1 unspecified atom stereocenters. The Labute approximate surface area is 111 Å². The summed E-state index contributed by atoms with van der Waals surface area (Å²) in [6, 6.07) is 3.94. The third-order valence-electron chi connectivity index (χ3n) is 2.93. The molecule has 0 amide bonds. The summed E-state index contributed by atoms with van der Waals surface area (Å²) in [6.07, 6.45) is 1.26. The number of rotatable bonds is 5. The fourth-order valence-corrected chi connectivity index (χ4v) is 2.69. The van der Waals surface area contributed by atoms with Crippen molar-refractivity contribution in [3.05, 3.63) is 17.1 Å². The maximum Gasteiger partial charge on any atom is 0.0907 e. The summed E-state index contributed by atoms with van der Waals surface area (Å²) in [5.41, 5.74) is 8.61. The summed E-state index contributed by atoms with van der Waals surface area (Å²) < 4.78 is 1.11. The zero-order chi connectivity index (χ0) is 13.1. The molecule has 2 aromatic rings. The Balaban J connectivity index is 2.10. The number of nitrogens with zero attached hydrogens (tertiary/aromatic N) is 1. The van der Waals surface area contributed by atoms with Crippen molar-refractivity contribution in [1.82, 2.24) is 4.98 Å². The van der Waals surface area contributed by atoms with E-state index in [2.05, 4.69) is 10.3 Å². The third kappa shape index (κ3) is 2.91. The first-order valence-electron chi connectivity index (χ1n) is 6.18. The Bertz CT molecular complexity index is 538. The van der Waals surface area contributed by atoms with Crippen LogP contribution in [0, 0.1) is 6.92 Å². The number of aryl methyl sites for hydroxylation is 1. The van der Waals surface area contributed by atoms with E-state index < -0.39 is 0 Å². The van der Waals surface area contributed by atoms with Gasteiger partial charge in [-0.15, -0.1) is 11.3 Å². The van der Waals surface area contributed by atoms with Crippen LogP contribution in [0.3, 0.4) is 0 Å². The van der Waals surface area contributed by atoms with Gasteiger partial charge in [-0.25, -0.2) is 4.98 Å². The lowest BCUT2D eigenvalue weighted by atomic mass is 10.2. The molecule has 0 radical (unpaired) electrons. The highest BCUT2D eigenvalue weighted by Crippen LogP contribution is 2.29. The molecule has 1 heterocycles. The van der Waals surface area contributed by atoms with Gasteiger partial charge in [-0.2, -0.15) is 0 Å². The van der Waals surface area contributed by atoms with Gasteiger partial charge in [0.25, 0.3) is 0 Å². The fraction of sp³-hybridized carbons (Fsp3) is 0.462. The van der Waals surface area contributed by atoms with E-state index in [0.717, 1.165) is 39.4 Å². The van der Waals surface area contributed by atoms with Gasteiger partial charge < -0.3 is 16.2 Å². The number of nitrogen functional groups attached to an aromatic ring is 1. The lowest BCUT2D eigenvalue weighted by Gasteiger charge is -2.11. The molecule has 18 heavy (non-hydrogen) atoms. The van der Waals surface area contributed by atoms with Crippen molar-refractivity contribution >= 4 is 32.9 Å². The largest absolute Gasteiger partial charge is 0.397 e. The van der Waals surface area contributed by atoms with E-state index in [0.29, 0.717) is 6.54 Å². The van der Waals surface area contributed by atoms with Crippen molar-refractivity contribution in [2.45, 2.75) is 32.8 Å². The van der Waals surface area contributed by atoms with Gasteiger partial charge in [0.2, 0.25) is 0 Å². The van der Waals surface area contributed by atoms with Crippen LogP contribution in [-0.2, 0) is 0 Å². The molecular formula is C13H19N3OS. The Kier molecular flexibility index (Phi) is 4.04. The number of aliphatic hydroxyl groups excluding tert-OH is 1. The monoisotopic (exact) mass is 265 g/mol. The van der Waals surface area contributed by atoms with E-state index in [1.165, 1.54) is 0 Å². The second kappa shape index (κ2) is 5.54. The Morgan fingerprint density at radius 2 is 2.28 bits per heavy atom. The second-order valence-electron chi connectivity index (χ2n) is 4.42. The summed E-state index contributed by atoms with van der Waals surface area (Å²) in [5.74, 6) is 0. The minimum Gasteiger partial charge on any atom is -0.397 e. The number of aromatic nitrogens is 1. The summed E-state index contributed by atoms with van der Waals surface area (Å²) in [6.45, 7) is 4.68. The Morgan fingerprint density at radius 1 is 1.50 bits per heavy atom. The lowest BCUT2D eigenvalue weighted by Crippen LogP contribution is -2.12. The molecule has 0 saturated heterocycles. The summed E-state index contributed by atoms with van der Waals surface area (Å²) in [5, 5.41) is 13.8. The van der Waals surface area contributed by atoms with Crippen LogP contribution in [0.25, 0.3) is 10.2 Å². The predicted molar refractivity (Wildman–Crippen MR) is 78.2 cm³/mol. The van der Waals surface area contributed by atoms with Crippen LogP contribution >= 0.6 is 11.3 Å². The molecule has 1 aromatic carbocycles. The van der Waals surface area contributed by atoms with Gasteiger partial charge >= 0.3 is 0 Å². The van der Waals surface area contributed by atoms with Crippen molar-refractivity contribution in [3.8, 4) is 0 Å². The summed E-state index contributed by atoms with van der Waals surface area (Å²) in [7, 11) is 0.